The van der Waals surface area contributed by atoms with Crippen LogP contribution in [0.4, 0.5) is 0 Å². The van der Waals surface area contributed by atoms with Gasteiger partial charge in [0.15, 0.2) is 0 Å². The van der Waals surface area contributed by atoms with Crippen LogP contribution in [0.25, 0.3) is 132 Å². The number of hydrogen-bond acceptors (Lipinski definition) is 4. The van der Waals surface area contributed by atoms with Crippen molar-refractivity contribution in [2.24, 2.45) is 10.8 Å². The zero-order valence-electron chi connectivity index (χ0n) is 62.6. The summed E-state index contributed by atoms with van der Waals surface area (Å²) in [7, 11) is 0. The van der Waals surface area contributed by atoms with Crippen LogP contribution in [-0.4, -0.2) is 37.5 Å². The monoisotopic (exact) mass is 2090 g/mol. The molecule has 18 rings (SSSR count). The molecule has 0 saturated heterocycles. The molecule has 0 bridgehead atoms. The fourth-order valence-corrected chi connectivity index (χ4v) is 15.0. The minimum Gasteiger partial charge on any atom is -0.340 e. The van der Waals surface area contributed by atoms with Gasteiger partial charge >= 0.3 is 0 Å². The van der Waals surface area contributed by atoms with Crippen LogP contribution in [0, 0.1) is 48.9 Å². The predicted octanol–water partition coefficient (Wildman–Crippen LogP) is 24.1. The Hall–Kier alpha value is -8.10. The summed E-state index contributed by atoms with van der Waals surface area (Å²) in [6.07, 6.45) is 10.2. The van der Waals surface area contributed by atoms with Crippen LogP contribution in [0.1, 0.15) is 142 Å². The van der Waals surface area contributed by atoms with Gasteiger partial charge in [-0.25, -0.2) is 0 Å². The van der Waals surface area contributed by atoms with Crippen molar-refractivity contribution < 1.29 is 80.4 Å². The van der Waals surface area contributed by atoms with Crippen molar-refractivity contribution in [3.63, 3.8) is 0 Å². The van der Waals surface area contributed by atoms with E-state index in [9.17, 15) is 0 Å². The third-order valence-corrected chi connectivity index (χ3v) is 19.8. The van der Waals surface area contributed by atoms with Gasteiger partial charge in [0.25, 0.3) is 0 Å². The topological polar surface area (TPSA) is 69.2 Å². The average molecular weight is 2090 g/mol. The molecular weight excluding hydrogens is 2000 g/mol. The Balaban J connectivity index is 0.000000139. The molecule has 0 aliphatic heterocycles. The maximum absolute atomic E-state index is 4.91. The molecule has 540 valence electrons. The summed E-state index contributed by atoms with van der Waals surface area (Å²) in [5, 5.41) is 14.3. The quantitative estimate of drug-likeness (QED) is 0.130. The standard InChI is InChI=1S/C28H27N2.C24H21N2.C23H25N2.C18H15N2.4Ir/c1-18-9-8-10-19(2)26(18)25-17-29-27-22-12-7-6-11-21(22)23-15-20(16-28(3,4)5)13-14-24(23)30(25)27;1-24(2,3)15-16-12-13-21-19(14-16)17-8-4-5-9-18(17)23-25-20-10-6-7-11-22(20)26(21)23;1-22(2,3)15-7-9-17-18(13-15)19-14-16(23(4,5)6)8-10-20(19)25-12-11-24-21(17)25;1-12(2)16-11-20-17-10-6-5-8-14(17)13-7-3-4-9-15(13)18(20)19-16;;;;/h6-11,13-15,17H,16H2,1-5H3;4-8,10-14H,15H2,1-3H3;7-8,10-14H,1-6H3;3-8,10-12H,1-2H3;;;;/q4*-1;;;;. The molecule has 8 nitrogen and oxygen atoms in total. The number of hydrogen-bond donors (Lipinski definition) is 0. The van der Waals surface area contributed by atoms with Crippen LogP contribution in [0.2, 0.25) is 0 Å². The molecule has 0 amide bonds. The van der Waals surface area contributed by atoms with E-state index in [4.69, 9.17) is 15.0 Å². The summed E-state index contributed by atoms with van der Waals surface area (Å²) < 4.78 is 8.98. The molecule has 0 aliphatic carbocycles. The van der Waals surface area contributed by atoms with E-state index in [0.717, 1.165) is 79.4 Å². The van der Waals surface area contributed by atoms with Crippen molar-refractivity contribution in [3.8, 4) is 11.3 Å². The van der Waals surface area contributed by atoms with E-state index in [-0.39, 0.29) is 102 Å². The zero-order chi connectivity index (χ0) is 70.6. The van der Waals surface area contributed by atoms with Crippen molar-refractivity contribution in [2.75, 3.05) is 0 Å². The minimum absolute atomic E-state index is 0. The first kappa shape index (κ1) is 78.0. The summed E-state index contributed by atoms with van der Waals surface area (Å²) in [5.74, 6) is 0.424. The maximum Gasteiger partial charge on any atom is 0.0774 e. The Morgan fingerprint density at radius 3 is 1.49 bits per heavy atom. The number of aromatic nitrogens is 8. The molecule has 0 atom stereocenters. The summed E-state index contributed by atoms with van der Waals surface area (Å²) in [5.41, 5.74) is 23.1. The second kappa shape index (κ2) is 30.3. The summed E-state index contributed by atoms with van der Waals surface area (Å²) in [6, 6.07) is 80.8. The molecule has 10 aromatic carbocycles. The van der Waals surface area contributed by atoms with Crippen LogP contribution in [0.5, 0.6) is 0 Å². The van der Waals surface area contributed by atoms with E-state index >= 15 is 0 Å². The summed E-state index contributed by atoms with van der Waals surface area (Å²) in [4.78, 5) is 19.2. The molecule has 0 saturated carbocycles. The van der Waals surface area contributed by atoms with Crippen molar-refractivity contribution in [1.29, 1.82) is 0 Å². The Bertz CT molecular complexity index is 6100. The van der Waals surface area contributed by atoms with Crippen LogP contribution in [-0.2, 0) is 104 Å². The van der Waals surface area contributed by atoms with E-state index in [0.29, 0.717) is 5.92 Å². The predicted molar refractivity (Wildman–Crippen MR) is 426 cm³/mol. The van der Waals surface area contributed by atoms with Crippen LogP contribution < -0.4 is 0 Å². The van der Waals surface area contributed by atoms with Gasteiger partial charge in [-0.1, -0.05) is 203 Å². The van der Waals surface area contributed by atoms with E-state index < -0.39 is 0 Å². The first-order valence-electron chi connectivity index (χ1n) is 35.6. The zero-order valence-corrected chi connectivity index (χ0v) is 72.2. The maximum atomic E-state index is 4.91. The van der Waals surface area contributed by atoms with Gasteiger partial charge < -0.3 is 17.6 Å². The van der Waals surface area contributed by atoms with Crippen LogP contribution >= 0.6 is 0 Å². The number of benzene rings is 10. The van der Waals surface area contributed by atoms with Gasteiger partial charge in [0.05, 0.1) is 39.3 Å². The normalized spacial score (nSPS) is 12.0. The molecule has 0 aliphatic rings. The fourth-order valence-electron chi connectivity index (χ4n) is 15.0. The van der Waals surface area contributed by atoms with E-state index in [1.165, 1.54) is 104 Å². The minimum atomic E-state index is 0. The third-order valence-electron chi connectivity index (χ3n) is 19.8. The van der Waals surface area contributed by atoms with Gasteiger partial charge in [-0.15, -0.1) is 118 Å². The molecule has 8 heterocycles. The molecule has 8 aromatic heterocycles. The van der Waals surface area contributed by atoms with Gasteiger partial charge in [0.1, 0.15) is 0 Å². The number of aryl methyl sites for hydroxylation is 2. The summed E-state index contributed by atoms with van der Waals surface area (Å²) in [6.45, 7) is 36.0. The SMILES string of the molecule is CC(C)(C)Cc1ccc2c(c1)c1ccc[c-]c1c1nc3ccccc3n21.CC(C)(C)c1c[c-]c2c(c1)c1cc(C(C)(C)C)ccc1n1ccnc21.CC(C)c1cn2c3ccccc3c3ccc[c-]c3c2n1.Cc1cccc(C)c1-c1cnc2c3[c-]cccc3c3cc(CC(C)(C)C)ccc3n12.[Ir].[Ir].[Ir].[Ir]. The van der Waals surface area contributed by atoms with E-state index in [1.807, 2.05) is 48.9 Å². The molecule has 18 aromatic rings. The molecule has 0 spiro atoms. The molecule has 105 heavy (non-hydrogen) atoms. The van der Waals surface area contributed by atoms with Crippen molar-refractivity contribution in [3.05, 3.63) is 276 Å². The van der Waals surface area contributed by atoms with Gasteiger partial charge in [-0.3, -0.25) is 19.9 Å². The number of nitrogens with zero attached hydrogens (tertiary/aromatic N) is 8. The average Bonchev–Trinajstić information content (AvgIpc) is 1.73. The van der Waals surface area contributed by atoms with Crippen molar-refractivity contribution >= 4 is 120 Å². The fraction of sp³-hybridized carbons (Fsp3) is 0.247. The number of rotatable bonds is 4. The second-order valence-electron chi connectivity index (χ2n) is 32.4. The first-order chi connectivity index (χ1) is 48.3. The van der Waals surface area contributed by atoms with Gasteiger partial charge in [0.2, 0.25) is 0 Å². The first-order valence-corrected chi connectivity index (χ1v) is 35.6. The largest absolute Gasteiger partial charge is 0.340 e. The van der Waals surface area contributed by atoms with E-state index in [2.05, 4.69) is 322 Å². The Morgan fingerprint density at radius 2 is 0.895 bits per heavy atom. The number of pyridine rings is 4. The van der Waals surface area contributed by atoms with Crippen LogP contribution in [0.15, 0.2) is 213 Å². The molecular formula is C93H88Ir4N8-4. The van der Waals surface area contributed by atoms with Gasteiger partial charge in [-0.05, 0) is 140 Å². The molecule has 0 fully saturated rings. The molecule has 0 N–H and O–H groups in total. The van der Waals surface area contributed by atoms with Gasteiger partial charge in [0, 0.05) is 139 Å². The number of para-hydroxylation sites is 3. The molecule has 12 heteroatoms. The van der Waals surface area contributed by atoms with Crippen molar-refractivity contribution in [1.82, 2.24) is 37.5 Å². The third kappa shape index (κ3) is 14.9. The Kier molecular flexibility index (Phi) is 22.5. The van der Waals surface area contributed by atoms with Crippen molar-refractivity contribution in [2.45, 2.75) is 140 Å². The second-order valence-corrected chi connectivity index (χ2v) is 32.4. The molecule has 0 unspecified atom stereocenters. The Morgan fingerprint density at radius 1 is 0.400 bits per heavy atom. The number of imidazole rings is 4. The number of fused-ring (bicyclic) bond motifs is 26. The molecule has 4 radical (unpaired) electrons. The smallest absolute Gasteiger partial charge is 0.0774 e. The van der Waals surface area contributed by atoms with Gasteiger partial charge in [-0.2, -0.15) is 0 Å². The van der Waals surface area contributed by atoms with Crippen LogP contribution in [0.3, 0.4) is 0 Å². The van der Waals surface area contributed by atoms with E-state index in [1.54, 1.807) is 0 Å². The summed E-state index contributed by atoms with van der Waals surface area (Å²) >= 11 is 0. The Labute approximate surface area is 670 Å².